The molecule has 3 nitrogen and oxygen atoms in total. The summed E-state index contributed by atoms with van der Waals surface area (Å²) >= 11 is 0. The van der Waals surface area contributed by atoms with Crippen molar-refractivity contribution in [3.63, 3.8) is 0 Å². The van der Waals surface area contributed by atoms with Crippen molar-refractivity contribution in [2.45, 2.75) is 51.5 Å². The lowest BCUT2D eigenvalue weighted by atomic mass is 10.0. The van der Waals surface area contributed by atoms with Crippen LogP contribution in [0.2, 0.25) is 0 Å². The average Bonchev–Trinajstić information content (AvgIpc) is 3.20. The summed E-state index contributed by atoms with van der Waals surface area (Å²) in [6.07, 6.45) is 9.32. The Kier molecular flexibility index (Phi) is 5.00. The zero-order valence-electron chi connectivity index (χ0n) is 11.4. The van der Waals surface area contributed by atoms with Crippen LogP contribution in [0.1, 0.15) is 44.6 Å². The van der Waals surface area contributed by atoms with E-state index in [9.17, 15) is 0 Å². The molecule has 0 radical (unpaired) electrons. The van der Waals surface area contributed by atoms with Gasteiger partial charge in [-0.05, 0) is 62.6 Å². The lowest BCUT2D eigenvalue weighted by Crippen LogP contribution is -2.31. The fourth-order valence-corrected chi connectivity index (χ4v) is 2.51. The summed E-state index contributed by atoms with van der Waals surface area (Å²) in [4.78, 5) is 4.14. The Morgan fingerprint density at radius 1 is 1.50 bits per heavy atom. The first-order chi connectivity index (χ1) is 8.81. The molecule has 0 aliphatic heterocycles. The van der Waals surface area contributed by atoms with E-state index < -0.39 is 0 Å². The summed E-state index contributed by atoms with van der Waals surface area (Å²) in [5, 5.41) is 3.69. The number of nitrogens with two attached hydrogens (primary N) is 1. The number of anilines is 1. The molecule has 1 aromatic rings. The maximum Gasteiger partial charge on any atom is 0.126 e. The third-order valence-corrected chi connectivity index (χ3v) is 3.73. The van der Waals surface area contributed by atoms with Crippen LogP contribution >= 0.6 is 0 Å². The van der Waals surface area contributed by atoms with Crippen molar-refractivity contribution in [3.05, 3.63) is 23.9 Å². The van der Waals surface area contributed by atoms with Crippen molar-refractivity contribution in [1.82, 2.24) is 10.3 Å². The van der Waals surface area contributed by atoms with Gasteiger partial charge in [-0.3, -0.25) is 0 Å². The van der Waals surface area contributed by atoms with E-state index in [0.29, 0.717) is 5.82 Å². The SMILES string of the molecule is CCCNC(CCCc1cccnc1N)C1CC1. The normalized spacial score (nSPS) is 16.7. The minimum Gasteiger partial charge on any atom is -0.383 e. The number of rotatable bonds is 8. The molecule has 1 aromatic heterocycles. The molecule has 0 spiro atoms. The zero-order chi connectivity index (χ0) is 12.8. The molecule has 0 aromatic carbocycles. The van der Waals surface area contributed by atoms with Crippen LogP contribution in [-0.2, 0) is 6.42 Å². The summed E-state index contributed by atoms with van der Waals surface area (Å²) in [5.41, 5.74) is 7.06. The Bertz CT molecular complexity index is 361. The molecular weight excluding hydrogens is 222 g/mol. The third-order valence-electron chi connectivity index (χ3n) is 3.73. The van der Waals surface area contributed by atoms with Crippen LogP contribution in [-0.4, -0.2) is 17.6 Å². The molecule has 0 bridgehead atoms. The van der Waals surface area contributed by atoms with Gasteiger partial charge in [-0.2, -0.15) is 0 Å². The first kappa shape index (κ1) is 13.3. The third kappa shape index (κ3) is 3.98. The van der Waals surface area contributed by atoms with E-state index in [-0.39, 0.29) is 0 Å². The number of hydrogen-bond donors (Lipinski definition) is 2. The van der Waals surface area contributed by atoms with Crippen LogP contribution in [0.4, 0.5) is 5.82 Å². The first-order valence-corrected chi connectivity index (χ1v) is 7.24. The van der Waals surface area contributed by atoms with E-state index in [1.807, 2.05) is 6.07 Å². The van der Waals surface area contributed by atoms with Crippen LogP contribution in [0.5, 0.6) is 0 Å². The lowest BCUT2D eigenvalue weighted by Gasteiger charge is -2.17. The van der Waals surface area contributed by atoms with Gasteiger partial charge in [0.15, 0.2) is 0 Å². The topological polar surface area (TPSA) is 50.9 Å². The lowest BCUT2D eigenvalue weighted by molar-refractivity contribution is 0.425. The largest absolute Gasteiger partial charge is 0.383 e. The van der Waals surface area contributed by atoms with Gasteiger partial charge in [-0.1, -0.05) is 13.0 Å². The minimum absolute atomic E-state index is 0.696. The van der Waals surface area contributed by atoms with E-state index >= 15 is 0 Å². The predicted molar refractivity (Wildman–Crippen MR) is 76.4 cm³/mol. The summed E-state index contributed by atoms with van der Waals surface area (Å²) in [6.45, 7) is 3.38. The molecule has 1 aliphatic carbocycles. The number of nitrogens with zero attached hydrogens (tertiary/aromatic N) is 1. The molecule has 1 fully saturated rings. The summed E-state index contributed by atoms with van der Waals surface area (Å²) in [5.74, 6) is 1.63. The molecule has 1 heterocycles. The Morgan fingerprint density at radius 3 is 3.00 bits per heavy atom. The van der Waals surface area contributed by atoms with Crippen molar-refractivity contribution in [3.8, 4) is 0 Å². The Labute approximate surface area is 110 Å². The standard InChI is InChI=1S/C15H25N3/c1-2-10-17-14(12-8-9-12)7-3-5-13-6-4-11-18-15(13)16/h4,6,11-12,14,17H,2-3,5,7-10H2,1H3,(H2,16,18). The highest BCUT2D eigenvalue weighted by atomic mass is 14.9. The molecule has 2 rings (SSSR count). The predicted octanol–water partition coefficient (Wildman–Crippen LogP) is 2.76. The second kappa shape index (κ2) is 6.74. The van der Waals surface area contributed by atoms with Gasteiger partial charge in [0.2, 0.25) is 0 Å². The highest BCUT2D eigenvalue weighted by Crippen LogP contribution is 2.34. The number of pyridine rings is 1. The molecule has 0 saturated heterocycles. The number of nitrogens with one attached hydrogen (secondary N) is 1. The number of aromatic nitrogens is 1. The van der Waals surface area contributed by atoms with Crippen LogP contribution in [0.3, 0.4) is 0 Å². The molecule has 1 atom stereocenters. The highest BCUT2D eigenvalue weighted by Gasteiger charge is 2.29. The molecule has 3 N–H and O–H groups in total. The fourth-order valence-electron chi connectivity index (χ4n) is 2.51. The molecule has 100 valence electrons. The molecule has 1 aliphatic rings. The van der Waals surface area contributed by atoms with Gasteiger partial charge >= 0.3 is 0 Å². The molecule has 18 heavy (non-hydrogen) atoms. The van der Waals surface area contributed by atoms with Gasteiger partial charge in [0.25, 0.3) is 0 Å². The highest BCUT2D eigenvalue weighted by molar-refractivity contribution is 5.38. The number of nitrogen functional groups attached to an aromatic ring is 1. The van der Waals surface area contributed by atoms with Gasteiger partial charge in [0, 0.05) is 12.2 Å². The van der Waals surface area contributed by atoms with Crippen molar-refractivity contribution in [2.24, 2.45) is 5.92 Å². The second-order valence-corrected chi connectivity index (χ2v) is 5.34. The van der Waals surface area contributed by atoms with E-state index in [1.54, 1.807) is 6.20 Å². The van der Waals surface area contributed by atoms with Gasteiger partial charge < -0.3 is 11.1 Å². The Balaban J connectivity index is 1.74. The van der Waals surface area contributed by atoms with Crippen molar-refractivity contribution in [1.29, 1.82) is 0 Å². The van der Waals surface area contributed by atoms with Crippen LogP contribution in [0.15, 0.2) is 18.3 Å². The number of aryl methyl sites for hydroxylation is 1. The maximum absolute atomic E-state index is 5.86. The van der Waals surface area contributed by atoms with E-state index in [2.05, 4.69) is 23.3 Å². The summed E-state index contributed by atoms with van der Waals surface area (Å²) < 4.78 is 0. The van der Waals surface area contributed by atoms with E-state index in [4.69, 9.17) is 5.73 Å². The molecule has 0 amide bonds. The van der Waals surface area contributed by atoms with Crippen LogP contribution < -0.4 is 11.1 Å². The second-order valence-electron chi connectivity index (χ2n) is 5.34. The smallest absolute Gasteiger partial charge is 0.126 e. The maximum atomic E-state index is 5.86. The fraction of sp³-hybridized carbons (Fsp3) is 0.667. The Morgan fingerprint density at radius 2 is 2.33 bits per heavy atom. The first-order valence-electron chi connectivity index (χ1n) is 7.24. The van der Waals surface area contributed by atoms with Gasteiger partial charge in [-0.15, -0.1) is 0 Å². The quantitative estimate of drug-likeness (QED) is 0.742. The number of hydrogen-bond acceptors (Lipinski definition) is 3. The Hall–Kier alpha value is -1.09. The molecule has 3 heteroatoms. The van der Waals surface area contributed by atoms with E-state index in [1.165, 1.54) is 37.7 Å². The van der Waals surface area contributed by atoms with Crippen molar-refractivity contribution < 1.29 is 0 Å². The minimum atomic E-state index is 0.696. The summed E-state index contributed by atoms with van der Waals surface area (Å²) in [6, 6.07) is 4.79. The summed E-state index contributed by atoms with van der Waals surface area (Å²) in [7, 11) is 0. The van der Waals surface area contributed by atoms with Crippen LogP contribution in [0, 0.1) is 5.92 Å². The monoisotopic (exact) mass is 247 g/mol. The van der Waals surface area contributed by atoms with Gasteiger partial charge in [0.05, 0.1) is 0 Å². The van der Waals surface area contributed by atoms with Gasteiger partial charge in [0.1, 0.15) is 5.82 Å². The molecule has 1 saturated carbocycles. The zero-order valence-corrected chi connectivity index (χ0v) is 11.4. The van der Waals surface area contributed by atoms with Crippen LogP contribution in [0.25, 0.3) is 0 Å². The van der Waals surface area contributed by atoms with Crippen molar-refractivity contribution in [2.75, 3.05) is 12.3 Å². The van der Waals surface area contributed by atoms with E-state index in [0.717, 1.165) is 24.9 Å². The molecule has 1 unspecified atom stereocenters. The van der Waals surface area contributed by atoms with Crippen molar-refractivity contribution >= 4 is 5.82 Å². The average molecular weight is 247 g/mol. The van der Waals surface area contributed by atoms with Gasteiger partial charge in [-0.25, -0.2) is 4.98 Å². The molecular formula is C15H25N3.